The molecule has 0 aliphatic rings. The minimum atomic E-state index is -0.978. The highest BCUT2D eigenvalue weighted by Gasteiger charge is 2.32. The number of hydrogen-bond donors (Lipinski definition) is 3. The number of aliphatic hydroxyl groups excluding tert-OH is 3. The molecule has 0 saturated carbocycles. The van der Waals surface area contributed by atoms with Crippen LogP contribution in [0.25, 0.3) is 0 Å². The van der Waals surface area contributed by atoms with Gasteiger partial charge in [0.05, 0.1) is 38.4 Å². The summed E-state index contributed by atoms with van der Waals surface area (Å²) < 4.78 is 16.1. The molecule has 3 N–H and O–H groups in total. The topological polar surface area (TPSA) is 105 Å². The van der Waals surface area contributed by atoms with Gasteiger partial charge in [-0.05, 0) is 6.42 Å². The van der Waals surface area contributed by atoms with Gasteiger partial charge in [-0.25, -0.2) is 0 Å². The first kappa shape index (κ1) is 24.3. The monoisotopic (exact) mass is 364 g/mol. The zero-order valence-corrected chi connectivity index (χ0v) is 15.7. The van der Waals surface area contributed by atoms with Crippen molar-refractivity contribution < 1.29 is 34.3 Å². The van der Waals surface area contributed by atoms with E-state index in [0.29, 0.717) is 6.61 Å². The molecule has 0 amide bonds. The number of hydrogen-bond acceptors (Lipinski definition) is 7. The lowest BCUT2D eigenvalue weighted by Gasteiger charge is -2.31. The Kier molecular flexibility index (Phi) is 15.1. The van der Waals surface area contributed by atoms with Crippen LogP contribution >= 0.6 is 0 Å². The second-order valence-electron chi connectivity index (χ2n) is 6.61. The first-order chi connectivity index (χ1) is 12.0. The Morgan fingerprint density at radius 2 is 1.64 bits per heavy atom. The van der Waals surface area contributed by atoms with Crippen LogP contribution in [0.2, 0.25) is 0 Å². The maximum atomic E-state index is 11.1. The number of rotatable bonds is 17. The van der Waals surface area contributed by atoms with Crippen molar-refractivity contribution >= 4 is 5.97 Å². The van der Waals surface area contributed by atoms with Crippen LogP contribution < -0.4 is 0 Å². The van der Waals surface area contributed by atoms with Crippen LogP contribution in [0.15, 0.2) is 0 Å². The van der Waals surface area contributed by atoms with Crippen molar-refractivity contribution in [1.29, 1.82) is 0 Å². The van der Waals surface area contributed by atoms with Gasteiger partial charge in [0.25, 0.3) is 0 Å². The molecule has 0 aliphatic carbocycles. The third-order valence-corrected chi connectivity index (χ3v) is 3.90. The highest BCUT2D eigenvalue weighted by molar-refractivity contribution is 5.65. The molecule has 0 spiro atoms. The fraction of sp³-hybridized carbons (Fsp3) is 0.944. The van der Waals surface area contributed by atoms with E-state index in [2.05, 4.69) is 6.92 Å². The number of esters is 1. The van der Waals surface area contributed by atoms with E-state index in [9.17, 15) is 15.0 Å². The molecule has 0 bridgehead atoms. The summed E-state index contributed by atoms with van der Waals surface area (Å²) in [5, 5.41) is 27.9. The Labute approximate surface area is 151 Å². The van der Waals surface area contributed by atoms with E-state index >= 15 is 0 Å². The lowest BCUT2D eigenvalue weighted by atomic mass is 9.92. The summed E-state index contributed by atoms with van der Waals surface area (Å²) in [6.45, 7) is 3.56. The van der Waals surface area contributed by atoms with Gasteiger partial charge in [0.1, 0.15) is 12.7 Å². The van der Waals surface area contributed by atoms with E-state index < -0.39 is 24.1 Å². The maximum absolute atomic E-state index is 11.1. The molecule has 0 aliphatic heterocycles. The van der Waals surface area contributed by atoms with Crippen LogP contribution in [0.3, 0.4) is 0 Å². The van der Waals surface area contributed by atoms with Crippen molar-refractivity contribution in [3.63, 3.8) is 0 Å². The molecule has 0 rings (SSSR count). The fourth-order valence-corrected chi connectivity index (χ4v) is 2.25. The van der Waals surface area contributed by atoms with Gasteiger partial charge in [0, 0.05) is 13.5 Å². The summed E-state index contributed by atoms with van der Waals surface area (Å²) in [6.07, 6.45) is 5.99. The van der Waals surface area contributed by atoms with Gasteiger partial charge in [0.15, 0.2) is 0 Å². The van der Waals surface area contributed by atoms with Crippen LogP contribution in [-0.4, -0.2) is 73.6 Å². The van der Waals surface area contributed by atoms with Crippen LogP contribution in [0, 0.1) is 5.41 Å². The summed E-state index contributed by atoms with van der Waals surface area (Å²) >= 11 is 0. The smallest absolute Gasteiger partial charge is 0.302 e. The molecule has 0 fully saturated rings. The first-order valence-corrected chi connectivity index (χ1v) is 9.18. The standard InChI is InChI=1S/C18H36O7/c1-3-4-5-6-7-8-9-23-13-18(12-20,15-25-16(2)21)14-24-11-17(22)10-19/h17,19-20,22H,3-15H2,1-2H3. The molecular weight excluding hydrogens is 328 g/mol. The minimum absolute atomic E-state index is 0.0233. The van der Waals surface area contributed by atoms with Gasteiger partial charge in [0.2, 0.25) is 0 Å². The first-order valence-electron chi connectivity index (χ1n) is 9.18. The van der Waals surface area contributed by atoms with Gasteiger partial charge in [-0.2, -0.15) is 0 Å². The second kappa shape index (κ2) is 15.5. The van der Waals surface area contributed by atoms with Crippen LogP contribution in [0.4, 0.5) is 0 Å². The van der Waals surface area contributed by atoms with E-state index in [-0.39, 0.29) is 33.0 Å². The summed E-state index contributed by atoms with van der Waals surface area (Å²) in [5.74, 6) is -0.441. The molecule has 0 aromatic heterocycles. The molecule has 150 valence electrons. The van der Waals surface area contributed by atoms with E-state index in [1.807, 2.05) is 0 Å². The molecule has 7 heteroatoms. The van der Waals surface area contributed by atoms with Crippen LogP contribution in [0.1, 0.15) is 52.4 Å². The zero-order valence-electron chi connectivity index (χ0n) is 15.7. The van der Waals surface area contributed by atoms with Crippen molar-refractivity contribution in [3.05, 3.63) is 0 Å². The lowest BCUT2D eigenvalue weighted by Crippen LogP contribution is -2.42. The predicted molar refractivity (Wildman–Crippen MR) is 94.3 cm³/mol. The third kappa shape index (κ3) is 13.2. The second-order valence-corrected chi connectivity index (χ2v) is 6.61. The highest BCUT2D eigenvalue weighted by atomic mass is 16.5. The quantitative estimate of drug-likeness (QED) is 0.264. The zero-order chi connectivity index (χ0) is 19.0. The maximum Gasteiger partial charge on any atom is 0.302 e. The summed E-state index contributed by atoms with van der Waals surface area (Å²) in [4.78, 5) is 11.1. The molecule has 0 aromatic carbocycles. The highest BCUT2D eigenvalue weighted by Crippen LogP contribution is 2.19. The van der Waals surface area contributed by atoms with Crippen LogP contribution in [0.5, 0.6) is 0 Å². The number of carbonyl (C=O) groups is 1. The van der Waals surface area contributed by atoms with E-state index in [1.165, 1.54) is 32.6 Å². The predicted octanol–water partition coefficient (Wildman–Crippen LogP) is 1.28. The Bertz CT molecular complexity index is 325. The molecule has 0 aromatic rings. The Balaban J connectivity index is 4.24. The average molecular weight is 364 g/mol. The summed E-state index contributed by atoms with van der Waals surface area (Å²) in [6, 6.07) is 0. The normalized spacial score (nSPS) is 14.9. The number of aliphatic hydroxyl groups is 3. The van der Waals surface area contributed by atoms with Gasteiger partial charge < -0.3 is 29.5 Å². The van der Waals surface area contributed by atoms with Gasteiger partial charge in [-0.3, -0.25) is 4.79 Å². The fourth-order valence-electron chi connectivity index (χ4n) is 2.25. The Morgan fingerprint density at radius 1 is 1.00 bits per heavy atom. The van der Waals surface area contributed by atoms with Crippen molar-refractivity contribution in [1.82, 2.24) is 0 Å². The molecular formula is C18H36O7. The molecule has 0 radical (unpaired) electrons. The SMILES string of the molecule is CCCCCCCCOCC(CO)(COCC(O)CO)COC(C)=O. The van der Waals surface area contributed by atoms with Crippen LogP contribution in [-0.2, 0) is 19.0 Å². The Hall–Kier alpha value is -0.730. The van der Waals surface area contributed by atoms with E-state index in [1.54, 1.807) is 0 Å². The van der Waals surface area contributed by atoms with Crippen molar-refractivity contribution in [2.24, 2.45) is 5.41 Å². The molecule has 2 atom stereocenters. The molecule has 7 nitrogen and oxygen atoms in total. The van der Waals surface area contributed by atoms with E-state index in [0.717, 1.165) is 12.8 Å². The summed E-state index contributed by atoms with van der Waals surface area (Å²) in [5.41, 5.74) is -0.872. The number of unbranched alkanes of at least 4 members (excludes halogenated alkanes) is 5. The number of carbonyl (C=O) groups excluding carboxylic acids is 1. The molecule has 0 heterocycles. The molecule has 0 saturated heterocycles. The van der Waals surface area contributed by atoms with Gasteiger partial charge in [-0.1, -0.05) is 39.0 Å². The van der Waals surface area contributed by atoms with Gasteiger partial charge in [-0.15, -0.1) is 0 Å². The minimum Gasteiger partial charge on any atom is -0.465 e. The lowest BCUT2D eigenvalue weighted by molar-refractivity contribution is -0.152. The van der Waals surface area contributed by atoms with E-state index in [4.69, 9.17) is 19.3 Å². The average Bonchev–Trinajstić information content (AvgIpc) is 2.61. The third-order valence-electron chi connectivity index (χ3n) is 3.90. The largest absolute Gasteiger partial charge is 0.465 e. The Morgan fingerprint density at radius 3 is 2.24 bits per heavy atom. The molecule has 2 unspecified atom stereocenters. The van der Waals surface area contributed by atoms with Crippen molar-refractivity contribution in [2.75, 3.05) is 46.2 Å². The summed E-state index contributed by atoms with van der Waals surface area (Å²) in [7, 11) is 0. The molecule has 25 heavy (non-hydrogen) atoms. The van der Waals surface area contributed by atoms with Crippen molar-refractivity contribution in [3.8, 4) is 0 Å². The van der Waals surface area contributed by atoms with Gasteiger partial charge >= 0.3 is 5.97 Å². The van der Waals surface area contributed by atoms with Crippen molar-refractivity contribution in [2.45, 2.75) is 58.5 Å². The number of ether oxygens (including phenoxy) is 3.